The number of nitrogens with zero attached hydrogens (tertiary/aromatic N) is 4. The number of halogens is 4. The van der Waals surface area contributed by atoms with Gasteiger partial charge in [0.2, 0.25) is 0 Å². The fourth-order valence-electron chi connectivity index (χ4n) is 2.71. The molecule has 0 unspecified atom stereocenters. The van der Waals surface area contributed by atoms with Gasteiger partial charge in [-0.05, 0) is 33.8 Å². The van der Waals surface area contributed by atoms with Crippen molar-refractivity contribution in [3.63, 3.8) is 0 Å². The molecule has 0 radical (unpaired) electrons. The summed E-state index contributed by atoms with van der Waals surface area (Å²) in [5.74, 6) is 1.13. The van der Waals surface area contributed by atoms with E-state index in [9.17, 15) is 18.0 Å². The van der Waals surface area contributed by atoms with Crippen molar-refractivity contribution in [1.29, 1.82) is 0 Å². The average Bonchev–Trinajstić information content (AvgIpc) is 2.87. The summed E-state index contributed by atoms with van der Waals surface area (Å²) < 4.78 is 42.4. The molecule has 26 heavy (non-hydrogen) atoms. The number of rotatable bonds is 3. The maximum Gasteiger partial charge on any atom is 0.431 e. The van der Waals surface area contributed by atoms with Gasteiger partial charge in [-0.25, -0.2) is 4.98 Å². The van der Waals surface area contributed by atoms with E-state index < -0.39 is 17.4 Å². The standard InChI is InChI=1S/C16H14BrF3N4OS/c1-4-26-10-5-8(17)7-21-12(10)14-22-9-6-11(16(18,19)20)23(2)15(25)13(9)24(14)3/h5-7H,4H2,1-3H3. The summed E-state index contributed by atoms with van der Waals surface area (Å²) >= 11 is 4.90. The molecule has 0 saturated heterocycles. The van der Waals surface area contributed by atoms with Crippen LogP contribution in [0.1, 0.15) is 12.6 Å². The van der Waals surface area contributed by atoms with Crippen LogP contribution < -0.4 is 5.56 Å². The molecule has 0 aliphatic carbocycles. The Labute approximate surface area is 159 Å². The molecule has 3 aromatic heterocycles. The molecule has 0 spiro atoms. The first kappa shape index (κ1) is 19.0. The van der Waals surface area contributed by atoms with E-state index in [-0.39, 0.29) is 11.0 Å². The quantitative estimate of drug-likeness (QED) is 0.565. The van der Waals surface area contributed by atoms with Gasteiger partial charge >= 0.3 is 6.18 Å². The van der Waals surface area contributed by atoms with Crippen molar-refractivity contribution in [2.45, 2.75) is 18.0 Å². The SMILES string of the molecule is CCSc1cc(Br)cnc1-c1nc2cc(C(F)(F)F)n(C)c(=O)c2n1C. The summed E-state index contributed by atoms with van der Waals surface area (Å²) in [5.41, 5.74) is -1.17. The highest BCUT2D eigenvalue weighted by Crippen LogP contribution is 2.34. The van der Waals surface area contributed by atoms with Gasteiger partial charge in [0.1, 0.15) is 16.9 Å². The molecular weight excluding hydrogens is 433 g/mol. The topological polar surface area (TPSA) is 52.7 Å². The second-order valence-electron chi connectivity index (χ2n) is 5.55. The Bertz CT molecular complexity index is 1060. The maximum atomic E-state index is 13.2. The van der Waals surface area contributed by atoms with E-state index in [4.69, 9.17) is 0 Å². The lowest BCUT2D eigenvalue weighted by Crippen LogP contribution is -2.26. The molecule has 0 aliphatic rings. The molecule has 0 fully saturated rings. The average molecular weight is 447 g/mol. The number of fused-ring (bicyclic) bond motifs is 1. The molecule has 0 aliphatic heterocycles. The third-order valence-corrected chi connectivity index (χ3v) is 5.23. The van der Waals surface area contributed by atoms with Gasteiger partial charge < -0.3 is 9.13 Å². The van der Waals surface area contributed by atoms with Gasteiger partial charge in [0, 0.05) is 29.7 Å². The molecular formula is C16H14BrF3N4OS. The summed E-state index contributed by atoms with van der Waals surface area (Å²) in [5, 5.41) is 0. The van der Waals surface area contributed by atoms with Crippen LogP contribution in [0.2, 0.25) is 0 Å². The van der Waals surface area contributed by atoms with Crippen LogP contribution in [0, 0.1) is 0 Å². The van der Waals surface area contributed by atoms with Crippen LogP contribution in [-0.4, -0.2) is 24.9 Å². The number of aromatic nitrogens is 4. The van der Waals surface area contributed by atoms with Crippen LogP contribution >= 0.6 is 27.7 Å². The van der Waals surface area contributed by atoms with Crippen molar-refractivity contribution < 1.29 is 13.2 Å². The molecule has 0 saturated carbocycles. The molecule has 0 aromatic carbocycles. The molecule has 10 heteroatoms. The molecule has 0 amide bonds. The highest BCUT2D eigenvalue weighted by Gasteiger charge is 2.35. The van der Waals surface area contributed by atoms with Crippen molar-refractivity contribution in [3.05, 3.63) is 38.9 Å². The lowest BCUT2D eigenvalue weighted by molar-refractivity contribution is -0.143. The first-order valence-corrected chi connectivity index (χ1v) is 9.35. The van der Waals surface area contributed by atoms with Gasteiger partial charge in [-0.1, -0.05) is 6.92 Å². The Hall–Kier alpha value is -1.81. The van der Waals surface area contributed by atoms with Gasteiger partial charge in [0.05, 0.1) is 5.52 Å². The molecule has 0 atom stereocenters. The molecule has 138 valence electrons. The first-order chi connectivity index (χ1) is 12.1. The minimum absolute atomic E-state index is 0.00454. The predicted molar refractivity (Wildman–Crippen MR) is 98.3 cm³/mol. The molecule has 3 rings (SSSR count). The van der Waals surface area contributed by atoms with Gasteiger partial charge in [-0.3, -0.25) is 9.78 Å². The van der Waals surface area contributed by atoms with Crippen LogP contribution in [0.4, 0.5) is 13.2 Å². The molecule has 0 N–H and O–H groups in total. The van der Waals surface area contributed by atoms with Crippen LogP contribution in [0.3, 0.4) is 0 Å². The predicted octanol–water partition coefficient (Wildman–Crippen LogP) is 4.23. The van der Waals surface area contributed by atoms with Gasteiger partial charge in [0.25, 0.3) is 5.56 Å². The van der Waals surface area contributed by atoms with E-state index in [1.54, 1.807) is 13.2 Å². The van der Waals surface area contributed by atoms with Crippen LogP contribution in [0.25, 0.3) is 22.6 Å². The van der Waals surface area contributed by atoms with Gasteiger partial charge in [-0.15, -0.1) is 11.8 Å². The normalized spacial score (nSPS) is 12.1. The fourth-order valence-corrected chi connectivity index (χ4v) is 3.99. The van der Waals surface area contributed by atoms with E-state index in [1.165, 1.54) is 16.3 Å². The number of aryl methyl sites for hydroxylation is 1. The highest BCUT2D eigenvalue weighted by atomic mass is 79.9. The van der Waals surface area contributed by atoms with E-state index in [0.717, 1.165) is 28.2 Å². The number of thioether (sulfide) groups is 1. The zero-order chi connectivity index (χ0) is 19.2. The van der Waals surface area contributed by atoms with Crippen molar-refractivity contribution in [2.75, 3.05) is 5.75 Å². The zero-order valence-electron chi connectivity index (χ0n) is 14.1. The minimum Gasteiger partial charge on any atom is -0.321 e. The number of alkyl halides is 3. The minimum atomic E-state index is -4.64. The van der Waals surface area contributed by atoms with Crippen LogP contribution in [0.15, 0.2) is 32.5 Å². The van der Waals surface area contributed by atoms with E-state index >= 15 is 0 Å². The fraction of sp³-hybridized carbons (Fsp3) is 0.312. The second-order valence-corrected chi connectivity index (χ2v) is 7.77. The Morgan fingerprint density at radius 1 is 1.23 bits per heavy atom. The van der Waals surface area contributed by atoms with Crippen molar-refractivity contribution in [3.8, 4) is 11.5 Å². The van der Waals surface area contributed by atoms with E-state index in [0.29, 0.717) is 16.1 Å². The van der Waals surface area contributed by atoms with Gasteiger partial charge in [-0.2, -0.15) is 13.2 Å². The Morgan fingerprint density at radius 3 is 2.54 bits per heavy atom. The Kier molecular flexibility index (Phi) is 4.91. The van der Waals surface area contributed by atoms with Crippen molar-refractivity contribution in [1.82, 2.24) is 19.1 Å². The number of pyridine rings is 2. The smallest absolute Gasteiger partial charge is 0.321 e. The Balaban J connectivity index is 2.33. The van der Waals surface area contributed by atoms with Gasteiger partial charge in [0.15, 0.2) is 5.82 Å². The molecule has 5 nitrogen and oxygen atoms in total. The second kappa shape index (κ2) is 6.73. The first-order valence-electron chi connectivity index (χ1n) is 7.57. The molecule has 3 heterocycles. The summed E-state index contributed by atoms with van der Waals surface area (Å²) in [6.45, 7) is 1.98. The summed E-state index contributed by atoms with van der Waals surface area (Å²) in [6.07, 6.45) is -3.05. The van der Waals surface area contributed by atoms with E-state index in [2.05, 4.69) is 25.9 Å². The largest absolute Gasteiger partial charge is 0.431 e. The zero-order valence-corrected chi connectivity index (χ0v) is 16.5. The number of imidazole rings is 1. The molecule has 0 bridgehead atoms. The Morgan fingerprint density at radius 2 is 1.92 bits per heavy atom. The summed E-state index contributed by atoms with van der Waals surface area (Å²) in [4.78, 5) is 22.0. The monoisotopic (exact) mass is 446 g/mol. The molecule has 3 aromatic rings. The summed E-state index contributed by atoms with van der Waals surface area (Å²) in [6, 6.07) is 2.76. The lowest BCUT2D eigenvalue weighted by Gasteiger charge is -2.11. The summed E-state index contributed by atoms with van der Waals surface area (Å²) in [7, 11) is 2.71. The highest BCUT2D eigenvalue weighted by molar-refractivity contribution is 9.10. The lowest BCUT2D eigenvalue weighted by atomic mass is 10.3. The third kappa shape index (κ3) is 3.16. The maximum absolute atomic E-state index is 13.2. The van der Waals surface area contributed by atoms with Crippen LogP contribution in [0.5, 0.6) is 0 Å². The number of hydrogen-bond donors (Lipinski definition) is 0. The third-order valence-electron chi connectivity index (χ3n) is 3.89. The number of hydrogen-bond acceptors (Lipinski definition) is 4. The van der Waals surface area contributed by atoms with Crippen molar-refractivity contribution in [2.24, 2.45) is 14.1 Å². The van der Waals surface area contributed by atoms with E-state index in [1.807, 2.05) is 13.0 Å². The van der Waals surface area contributed by atoms with Crippen LogP contribution in [-0.2, 0) is 20.3 Å². The van der Waals surface area contributed by atoms with Crippen molar-refractivity contribution >= 4 is 38.7 Å².